The standard InChI is InChI=1S/C19H21N3O6/c1-27-14-6-7-17(28-2)15(10-14)16-4-3-9-21(16)19(24)12-20-11-13(22(25)26)5-8-18(20)23/h5-8,10-11,16H,3-4,9,12H2,1-2H3/t16-/m0/s1. The van der Waals surface area contributed by atoms with E-state index in [0.717, 1.165) is 41.3 Å². The molecular formula is C19H21N3O6. The van der Waals surface area contributed by atoms with Gasteiger partial charge in [0.05, 0.1) is 31.4 Å². The van der Waals surface area contributed by atoms with Crippen molar-refractivity contribution >= 4 is 11.6 Å². The lowest BCUT2D eigenvalue weighted by Gasteiger charge is -2.27. The zero-order valence-electron chi connectivity index (χ0n) is 15.7. The summed E-state index contributed by atoms with van der Waals surface area (Å²) in [5, 5.41) is 10.9. The second-order valence-electron chi connectivity index (χ2n) is 6.46. The molecule has 0 radical (unpaired) electrons. The van der Waals surface area contributed by atoms with Crippen LogP contribution in [0.5, 0.6) is 11.5 Å². The molecule has 0 N–H and O–H groups in total. The first-order valence-corrected chi connectivity index (χ1v) is 8.81. The van der Waals surface area contributed by atoms with Crippen molar-refractivity contribution in [2.75, 3.05) is 20.8 Å². The lowest BCUT2D eigenvalue weighted by molar-refractivity contribution is -0.385. The molecule has 0 spiro atoms. The van der Waals surface area contributed by atoms with E-state index in [1.807, 2.05) is 6.07 Å². The number of nitrogens with zero attached hydrogens (tertiary/aromatic N) is 3. The molecule has 1 aliphatic rings. The summed E-state index contributed by atoms with van der Waals surface area (Å²) >= 11 is 0. The van der Waals surface area contributed by atoms with Crippen molar-refractivity contribution in [2.24, 2.45) is 0 Å². The number of rotatable bonds is 6. The van der Waals surface area contributed by atoms with Gasteiger partial charge in [-0.1, -0.05) is 0 Å². The number of carbonyl (C=O) groups is 1. The van der Waals surface area contributed by atoms with Gasteiger partial charge < -0.3 is 14.4 Å². The van der Waals surface area contributed by atoms with Gasteiger partial charge in [0.15, 0.2) is 0 Å². The first kappa shape index (κ1) is 19.4. The molecule has 2 aromatic rings. The fraction of sp³-hybridized carbons (Fsp3) is 0.368. The van der Waals surface area contributed by atoms with Gasteiger partial charge in [-0.2, -0.15) is 0 Å². The van der Waals surface area contributed by atoms with Gasteiger partial charge in [-0.3, -0.25) is 24.3 Å². The van der Waals surface area contributed by atoms with Crippen LogP contribution in [0.25, 0.3) is 0 Å². The van der Waals surface area contributed by atoms with Crippen molar-refractivity contribution in [3.63, 3.8) is 0 Å². The fourth-order valence-electron chi connectivity index (χ4n) is 3.48. The molecule has 28 heavy (non-hydrogen) atoms. The van der Waals surface area contributed by atoms with Gasteiger partial charge in [0, 0.05) is 24.2 Å². The molecule has 2 heterocycles. The third kappa shape index (κ3) is 3.83. The van der Waals surface area contributed by atoms with E-state index < -0.39 is 10.5 Å². The van der Waals surface area contributed by atoms with E-state index in [4.69, 9.17) is 9.47 Å². The van der Waals surface area contributed by atoms with E-state index in [0.29, 0.717) is 18.0 Å². The van der Waals surface area contributed by atoms with Crippen LogP contribution in [0.1, 0.15) is 24.4 Å². The smallest absolute Gasteiger partial charge is 0.285 e. The Balaban J connectivity index is 1.88. The maximum absolute atomic E-state index is 12.9. The predicted octanol–water partition coefficient (Wildman–Crippen LogP) is 2.14. The third-order valence-corrected chi connectivity index (χ3v) is 4.85. The Morgan fingerprint density at radius 1 is 1.25 bits per heavy atom. The van der Waals surface area contributed by atoms with Gasteiger partial charge in [0.1, 0.15) is 18.0 Å². The van der Waals surface area contributed by atoms with Gasteiger partial charge in [-0.25, -0.2) is 0 Å². The number of hydrogen-bond acceptors (Lipinski definition) is 6. The average molecular weight is 387 g/mol. The lowest BCUT2D eigenvalue weighted by atomic mass is 10.0. The van der Waals surface area contributed by atoms with Gasteiger partial charge >= 0.3 is 0 Å². The van der Waals surface area contributed by atoms with E-state index in [-0.39, 0.29) is 24.2 Å². The number of ether oxygens (including phenoxy) is 2. The van der Waals surface area contributed by atoms with Crippen LogP contribution >= 0.6 is 0 Å². The lowest BCUT2D eigenvalue weighted by Crippen LogP contribution is -2.36. The van der Waals surface area contributed by atoms with Crippen molar-refractivity contribution in [2.45, 2.75) is 25.4 Å². The minimum Gasteiger partial charge on any atom is -0.497 e. The van der Waals surface area contributed by atoms with Crippen molar-refractivity contribution in [3.8, 4) is 11.5 Å². The number of amides is 1. The summed E-state index contributed by atoms with van der Waals surface area (Å²) in [7, 11) is 3.13. The quantitative estimate of drug-likeness (QED) is 0.556. The van der Waals surface area contributed by atoms with E-state index in [1.54, 1.807) is 31.3 Å². The molecule has 1 aromatic heterocycles. The number of pyridine rings is 1. The molecule has 1 amide bonds. The first-order valence-electron chi connectivity index (χ1n) is 8.81. The predicted molar refractivity (Wildman–Crippen MR) is 101 cm³/mol. The Bertz CT molecular complexity index is 955. The number of hydrogen-bond donors (Lipinski definition) is 0. The highest BCUT2D eigenvalue weighted by atomic mass is 16.6. The molecule has 1 atom stereocenters. The summed E-state index contributed by atoms with van der Waals surface area (Å²) in [5.41, 5.74) is 0.132. The normalized spacial score (nSPS) is 16.1. The molecule has 9 nitrogen and oxygen atoms in total. The Hall–Kier alpha value is -3.36. The average Bonchev–Trinajstić information content (AvgIpc) is 3.18. The molecule has 148 valence electrons. The van der Waals surface area contributed by atoms with Crippen molar-refractivity contribution < 1.29 is 19.2 Å². The van der Waals surface area contributed by atoms with Crippen LogP contribution in [0.15, 0.2) is 41.3 Å². The molecule has 0 bridgehead atoms. The number of aromatic nitrogens is 1. The SMILES string of the molecule is COc1ccc(OC)c([C@@H]2CCCN2C(=O)Cn2cc([N+](=O)[O-])ccc2=O)c1. The monoisotopic (exact) mass is 387 g/mol. The first-order chi connectivity index (χ1) is 13.4. The van der Waals surface area contributed by atoms with Crippen LogP contribution in [0.2, 0.25) is 0 Å². The van der Waals surface area contributed by atoms with E-state index in [9.17, 15) is 19.7 Å². The highest BCUT2D eigenvalue weighted by molar-refractivity contribution is 5.77. The molecule has 0 saturated carbocycles. The van der Waals surface area contributed by atoms with Crippen LogP contribution in [0.4, 0.5) is 5.69 Å². The van der Waals surface area contributed by atoms with Gasteiger partial charge in [0.2, 0.25) is 5.91 Å². The molecule has 3 rings (SSSR count). The van der Waals surface area contributed by atoms with Crippen LogP contribution < -0.4 is 15.0 Å². The minimum atomic E-state index is -0.597. The summed E-state index contributed by atoms with van der Waals surface area (Å²) in [6.07, 6.45) is 2.65. The minimum absolute atomic E-state index is 0.216. The van der Waals surface area contributed by atoms with E-state index >= 15 is 0 Å². The second kappa shape index (κ2) is 8.12. The Morgan fingerprint density at radius 3 is 2.71 bits per heavy atom. The summed E-state index contributed by atoms with van der Waals surface area (Å²) in [6.45, 7) is 0.275. The van der Waals surface area contributed by atoms with Gasteiger partial charge in [-0.05, 0) is 31.0 Å². The Kier molecular flexibility index (Phi) is 5.62. The summed E-state index contributed by atoms with van der Waals surface area (Å²) in [5.74, 6) is 1.03. The second-order valence-corrected chi connectivity index (χ2v) is 6.46. The summed E-state index contributed by atoms with van der Waals surface area (Å²) in [6, 6.07) is 7.43. The van der Waals surface area contributed by atoms with Crippen LogP contribution in [0.3, 0.4) is 0 Å². The van der Waals surface area contributed by atoms with Crippen LogP contribution in [-0.4, -0.2) is 41.1 Å². The van der Waals surface area contributed by atoms with Crippen LogP contribution in [-0.2, 0) is 11.3 Å². The van der Waals surface area contributed by atoms with E-state index in [1.165, 1.54) is 0 Å². The zero-order chi connectivity index (χ0) is 20.3. The number of methoxy groups -OCH3 is 2. The molecule has 1 saturated heterocycles. The zero-order valence-corrected chi connectivity index (χ0v) is 15.7. The molecule has 0 aliphatic carbocycles. The highest BCUT2D eigenvalue weighted by Gasteiger charge is 2.32. The van der Waals surface area contributed by atoms with E-state index in [2.05, 4.69) is 0 Å². The Labute approximate surface area is 161 Å². The number of benzene rings is 1. The largest absolute Gasteiger partial charge is 0.497 e. The summed E-state index contributed by atoms with van der Waals surface area (Å²) in [4.78, 5) is 37.0. The highest BCUT2D eigenvalue weighted by Crippen LogP contribution is 2.39. The van der Waals surface area contributed by atoms with Crippen molar-refractivity contribution in [1.29, 1.82) is 0 Å². The molecule has 1 fully saturated rings. The molecule has 9 heteroatoms. The maximum Gasteiger partial charge on any atom is 0.285 e. The Morgan fingerprint density at radius 2 is 2.04 bits per heavy atom. The molecule has 0 unspecified atom stereocenters. The fourth-order valence-corrected chi connectivity index (χ4v) is 3.48. The van der Waals surface area contributed by atoms with Crippen molar-refractivity contribution in [3.05, 3.63) is 62.6 Å². The summed E-state index contributed by atoms with van der Waals surface area (Å²) < 4.78 is 11.8. The van der Waals surface area contributed by atoms with Crippen molar-refractivity contribution in [1.82, 2.24) is 9.47 Å². The van der Waals surface area contributed by atoms with Gasteiger partial charge in [-0.15, -0.1) is 0 Å². The maximum atomic E-state index is 12.9. The number of carbonyl (C=O) groups excluding carboxylic acids is 1. The topological polar surface area (TPSA) is 104 Å². The number of nitro groups is 1. The molecular weight excluding hydrogens is 366 g/mol. The third-order valence-electron chi connectivity index (χ3n) is 4.85. The van der Waals surface area contributed by atoms with Gasteiger partial charge in [0.25, 0.3) is 11.2 Å². The van der Waals surface area contributed by atoms with Crippen LogP contribution in [0, 0.1) is 10.1 Å². The molecule has 1 aliphatic heterocycles. The number of likely N-dealkylation sites (tertiary alicyclic amines) is 1. The molecule has 1 aromatic carbocycles.